The van der Waals surface area contributed by atoms with Crippen molar-refractivity contribution in [2.75, 3.05) is 6.54 Å². The minimum atomic E-state index is -0.164. The average Bonchev–Trinajstić information content (AvgIpc) is 3.31. The molecule has 0 bridgehead atoms. The number of carbonyl (C=O) groups excluding carboxylic acids is 1. The lowest BCUT2D eigenvalue weighted by molar-refractivity contribution is -0.129. The maximum atomic E-state index is 12.4. The van der Waals surface area contributed by atoms with Gasteiger partial charge in [-0.2, -0.15) is 0 Å². The fraction of sp³-hybridized carbons (Fsp3) is 0.941. The lowest BCUT2D eigenvalue weighted by Crippen LogP contribution is -2.56. The second-order valence-electron chi connectivity index (χ2n) is 7.28. The molecule has 1 aliphatic heterocycles. The van der Waals surface area contributed by atoms with Crippen LogP contribution in [0, 0.1) is 5.92 Å². The van der Waals surface area contributed by atoms with Gasteiger partial charge in [0.25, 0.3) is 0 Å². The summed E-state index contributed by atoms with van der Waals surface area (Å²) in [6, 6.07) is 0.780. The molecule has 0 aromatic carbocycles. The maximum absolute atomic E-state index is 12.4. The summed E-state index contributed by atoms with van der Waals surface area (Å²) >= 11 is 0. The van der Waals surface area contributed by atoms with E-state index in [1.54, 1.807) is 0 Å². The summed E-state index contributed by atoms with van der Waals surface area (Å²) in [5.41, 5.74) is 0. The van der Waals surface area contributed by atoms with Crippen molar-refractivity contribution in [2.45, 2.75) is 88.9 Å². The summed E-state index contributed by atoms with van der Waals surface area (Å²) in [6.07, 6.45) is 10.1. The molecule has 4 heteroatoms. The molecule has 0 aromatic heterocycles. The fourth-order valence-electron chi connectivity index (χ4n) is 4.21. The Morgan fingerprint density at radius 1 is 1.10 bits per heavy atom. The normalized spacial score (nSPS) is 36.2. The Bertz CT molecular complexity index is 370. The highest BCUT2D eigenvalue weighted by atomic mass is 16.3. The van der Waals surface area contributed by atoms with Gasteiger partial charge in [-0.3, -0.25) is 9.69 Å². The van der Waals surface area contributed by atoms with E-state index in [1.165, 1.54) is 19.3 Å². The third-order valence-electron chi connectivity index (χ3n) is 5.67. The number of rotatable bonds is 4. The quantitative estimate of drug-likeness (QED) is 0.834. The number of amides is 1. The molecule has 0 radical (unpaired) electrons. The van der Waals surface area contributed by atoms with Crippen molar-refractivity contribution < 1.29 is 9.90 Å². The molecule has 4 nitrogen and oxygen atoms in total. The minimum absolute atomic E-state index is 0.0509. The molecule has 1 amide bonds. The van der Waals surface area contributed by atoms with Crippen LogP contribution in [0.1, 0.15) is 64.7 Å². The second-order valence-corrected chi connectivity index (χ2v) is 7.28. The van der Waals surface area contributed by atoms with Gasteiger partial charge in [0.2, 0.25) is 5.91 Å². The van der Waals surface area contributed by atoms with Gasteiger partial charge >= 0.3 is 0 Å². The Kier molecular flexibility index (Phi) is 4.85. The molecule has 4 unspecified atom stereocenters. The highest BCUT2D eigenvalue weighted by Gasteiger charge is 2.39. The number of likely N-dealkylation sites (tertiary alicyclic amines) is 1. The van der Waals surface area contributed by atoms with Crippen LogP contribution in [0.4, 0.5) is 0 Å². The van der Waals surface area contributed by atoms with Crippen LogP contribution >= 0.6 is 0 Å². The Morgan fingerprint density at radius 2 is 1.81 bits per heavy atom. The number of nitrogens with one attached hydrogen (secondary N) is 1. The van der Waals surface area contributed by atoms with Gasteiger partial charge in [-0.25, -0.2) is 0 Å². The lowest BCUT2D eigenvalue weighted by Gasteiger charge is -2.45. The highest BCUT2D eigenvalue weighted by molar-refractivity contribution is 5.81. The SMILES string of the molecule is CC(C(=O)NC1CC1)N1CCCCC1C1CCCCC1O. The minimum Gasteiger partial charge on any atom is -0.393 e. The highest BCUT2D eigenvalue weighted by Crippen LogP contribution is 2.35. The van der Waals surface area contributed by atoms with Crippen molar-refractivity contribution in [3.05, 3.63) is 0 Å². The van der Waals surface area contributed by atoms with Crippen LogP contribution in [-0.2, 0) is 4.79 Å². The van der Waals surface area contributed by atoms with E-state index in [1.807, 2.05) is 6.92 Å². The third-order valence-corrected chi connectivity index (χ3v) is 5.67. The summed E-state index contributed by atoms with van der Waals surface area (Å²) in [5, 5.41) is 13.5. The fourth-order valence-corrected chi connectivity index (χ4v) is 4.21. The van der Waals surface area contributed by atoms with Gasteiger partial charge in [0.1, 0.15) is 0 Å². The predicted octanol–water partition coefficient (Wildman–Crippen LogP) is 2.06. The molecule has 1 saturated heterocycles. The van der Waals surface area contributed by atoms with Crippen LogP contribution in [0.2, 0.25) is 0 Å². The number of aliphatic hydroxyl groups is 1. The van der Waals surface area contributed by atoms with Gasteiger partial charge in [-0.1, -0.05) is 19.3 Å². The van der Waals surface area contributed by atoms with Crippen LogP contribution < -0.4 is 5.32 Å². The van der Waals surface area contributed by atoms with Gasteiger partial charge < -0.3 is 10.4 Å². The van der Waals surface area contributed by atoms with Crippen molar-refractivity contribution in [1.29, 1.82) is 0 Å². The first kappa shape index (κ1) is 15.3. The van der Waals surface area contributed by atoms with E-state index in [0.29, 0.717) is 18.0 Å². The Hall–Kier alpha value is -0.610. The molecular weight excluding hydrogens is 264 g/mol. The summed E-state index contributed by atoms with van der Waals surface area (Å²) in [7, 11) is 0. The molecule has 120 valence electrons. The zero-order chi connectivity index (χ0) is 14.8. The lowest BCUT2D eigenvalue weighted by atomic mass is 9.77. The molecule has 0 aromatic rings. The molecule has 2 saturated carbocycles. The first-order valence-corrected chi connectivity index (χ1v) is 8.91. The summed E-state index contributed by atoms with van der Waals surface area (Å²) in [5.74, 6) is 0.560. The molecule has 0 spiro atoms. The van der Waals surface area contributed by atoms with Gasteiger partial charge in [-0.05, 0) is 52.0 Å². The molecule has 1 heterocycles. The van der Waals surface area contributed by atoms with Crippen molar-refractivity contribution in [3.63, 3.8) is 0 Å². The van der Waals surface area contributed by atoms with Crippen molar-refractivity contribution in [2.24, 2.45) is 5.92 Å². The van der Waals surface area contributed by atoms with E-state index in [2.05, 4.69) is 10.2 Å². The van der Waals surface area contributed by atoms with E-state index in [9.17, 15) is 9.90 Å². The second kappa shape index (κ2) is 6.66. The van der Waals surface area contributed by atoms with E-state index < -0.39 is 0 Å². The first-order chi connectivity index (χ1) is 10.2. The standard InChI is InChI=1S/C17H30N2O2/c1-12(17(21)18-13-9-10-13)19-11-5-4-7-15(19)14-6-2-3-8-16(14)20/h12-16,20H,2-11H2,1H3,(H,18,21). The Balaban J connectivity index is 1.66. The number of hydrogen-bond donors (Lipinski definition) is 2. The first-order valence-electron chi connectivity index (χ1n) is 8.91. The monoisotopic (exact) mass is 294 g/mol. The van der Waals surface area contributed by atoms with Crippen LogP contribution in [-0.4, -0.2) is 46.7 Å². The number of piperidine rings is 1. The molecule has 2 N–H and O–H groups in total. The van der Waals surface area contributed by atoms with E-state index in [-0.39, 0.29) is 18.1 Å². The maximum Gasteiger partial charge on any atom is 0.237 e. The van der Waals surface area contributed by atoms with Gasteiger partial charge in [0, 0.05) is 18.0 Å². The predicted molar refractivity (Wildman–Crippen MR) is 82.9 cm³/mol. The third kappa shape index (κ3) is 3.59. The van der Waals surface area contributed by atoms with Crippen LogP contribution in [0.5, 0.6) is 0 Å². The van der Waals surface area contributed by atoms with Crippen LogP contribution in [0.3, 0.4) is 0 Å². The van der Waals surface area contributed by atoms with Gasteiger partial charge in [0.05, 0.1) is 12.1 Å². The molecule has 3 fully saturated rings. The van der Waals surface area contributed by atoms with E-state index in [0.717, 1.165) is 45.1 Å². The Labute approximate surface area is 128 Å². The average molecular weight is 294 g/mol. The van der Waals surface area contributed by atoms with Crippen LogP contribution in [0.15, 0.2) is 0 Å². The van der Waals surface area contributed by atoms with Gasteiger partial charge in [-0.15, -0.1) is 0 Å². The molecular formula is C17H30N2O2. The number of nitrogens with zero attached hydrogens (tertiary/aromatic N) is 1. The largest absolute Gasteiger partial charge is 0.393 e. The summed E-state index contributed by atoms with van der Waals surface area (Å²) in [4.78, 5) is 14.8. The molecule has 2 aliphatic carbocycles. The topological polar surface area (TPSA) is 52.6 Å². The smallest absolute Gasteiger partial charge is 0.237 e. The van der Waals surface area contributed by atoms with Crippen LogP contribution in [0.25, 0.3) is 0 Å². The van der Waals surface area contributed by atoms with E-state index in [4.69, 9.17) is 0 Å². The number of aliphatic hydroxyl groups excluding tert-OH is 1. The van der Waals surface area contributed by atoms with Crippen molar-refractivity contribution >= 4 is 5.91 Å². The molecule has 4 atom stereocenters. The zero-order valence-electron chi connectivity index (χ0n) is 13.3. The summed E-state index contributed by atoms with van der Waals surface area (Å²) in [6.45, 7) is 3.05. The number of hydrogen-bond acceptors (Lipinski definition) is 3. The molecule has 3 aliphatic rings. The Morgan fingerprint density at radius 3 is 2.52 bits per heavy atom. The molecule has 3 rings (SSSR count). The van der Waals surface area contributed by atoms with E-state index >= 15 is 0 Å². The van der Waals surface area contributed by atoms with Gasteiger partial charge in [0.15, 0.2) is 0 Å². The van der Waals surface area contributed by atoms with Crippen molar-refractivity contribution in [3.8, 4) is 0 Å². The molecule has 21 heavy (non-hydrogen) atoms. The van der Waals surface area contributed by atoms with Crippen molar-refractivity contribution in [1.82, 2.24) is 10.2 Å². The number of carbonyl (C=O) groups is 1. The zero-order valence-corrected chi connectivity index (χ0v) is 13.3. The summed E-state index contributed by atoms with van der Waals surface area (Å²) < 4.78 is 0.